The molecule has 0 bridgehead atoms. The number of sulfonamides is 1. The monoisotopic (exact) mass is 457 g/mol. The third-order valence-electron chi connectivity index (χ3n) is 4.51. The number of benzene rings is 2. The summed E-state index contributed by atoms with van der Waals surface area (Å²) in [7, 11) is -3.83. The lowest BCUT2D eigenvalue weighted by Gasteiger charge is -2.18. The smallest absolute Gasteiger partial charge is 0.279 e. The molecule has 31 heavy (non-hydrogen) atoms. The average molecular weight is 458 g/mol. The summed E-state index contributed by atoms with van der Waals surface area (Å²) in [5.74, 6) is -0.274. The Labute approximate surface area is 185 Å². The van der Waals surface area contributed by atoms with Crippen molar-refractivity contribution in [1.82, 2.24) is 9.88 Å². The maximum Gasteiger partial charge on any atom is 0.279 e. The summed E-state index contributed by atoms with van der Waals surface area (Å²) < 4.78 is 28.9. The van der Waals surface area contributed by atoms with Crippen molar-refractivity contribution in [3.05, 3.63) is 99.4 Å². The zero-order chi connectivity index (χ0) is 22.6. The van der Waals surface area contributed by atoms with Crippen molar-refractivity contribution in [2.75, 3.05) is 4.72 Å². The van der Waals surface area contributed by atoms with Crippen molar-refractivity contribution in [2.24, 2.45) is 0 Å². The van der Waals surface area contributed by atoms with Crippen LogP contribution in [0.1, 0.15) is 16.8 Å². The van der Waals surface area contributed by atoms with E-state index in [1.165, 1.54) is 10.6 Å². The van der Waals surface area contributed by atoms with E-state index in [0.717, 1.165) is 0 Å². The van der Waals surface area contributed by atoms with Crippen LogP contribution in [0.2, 0.25) is 5.02 Å². The predicted octanol–water partition coefficient (Wildman–Crippen LogP) is 3.46. The molecule has 0 fully saturated rings. The molecule has 0 aliphatic rings. The van der Waals surface area contributed by atoms with Crippen molar-refractivity contribution < 1.29 is 13.2 Å². The lowest BCUT2D eigenvalue weighted by molar-refractivity contribution is -0.108. The molecule has 0 atom stereocenters. The number of aromatic nitrogens is 1. The Balaban J connectivity index is 2.07. The van der Waals surface area contributed by atoms with Gasteiger partial charge in [0, 0.05) is 17.0 Å². The summed E-state index contributed by atoms with van der Waals surface area (Å²) in [5, 5.41) is 2.72. The van der Waals surface area contributed by atoms with Crippen molar-refractivity contribution in [1.29, 1.82) is 0 Å². The molecule has 160 valence electrons. The van der Waals surface area contributed by atoms with Crippen LogP contribution in [0.5, 0.6) is 0 Å². The van der Waals surface area contributed by atoms with Crippen molar-refractivity contribution in [3.63, 3.8) is 0 Å². The molecule has 0 aliphatic heterocycles. The number of anilines is 1. The third kappa shape index (κ3) is 5.04. The van der Waals surface area contributed by atoms with E-state index >= 15 is 0 Å². The van der Waals surface area contributed by atoms with Gasteiger partial charge in [0.25, 0.3) is 5.56 Å². The number of nitrogens with one attached hydrogen (secondary N) is 2. The molecule has 0 aliphatic carbocycles. The van der Waals surface area contributed by atoms with E-state index in [4.69, 9.17) is 11.6 Å². The van der Waals surface area contributed by atoms with Crippen LogP contribution >= 0.6 is 11.6 Å². The van der Waals surface area contributed by atoms with Crippen LogP contribution in [-0.4, -0.2) is 19.4 Å². The number of hydrogen-bond donors (Lipinski definition) is 2. The van der Waals surface area contributed by atoms with Gasteiger partial charge < -0.3 is 5.32 Å². The van der Waals surface area contributed by atoms with Crippen LogP contribution in [0.25, 0.3) is 11.4 Å². The number of pyridine rings is 1. The minimum atomic E-state index is -3.83. The van der Waals surface area contributed by atoms with Crippen molar-refractivity contribution >= 4 is 39.4 Å². The number of carbonyl (C=O) groups excluding carboxylic acids is 1. The minimum Gasteiger partial charge on any atom is -0.329 e. The van der Waals surface area contributed by atoms with E-state index < -0.39 is 15.6 Å². The van der Waals surface area contributed by atoms with E-state index in [1.54, 1.807) is 61.5 Å². The predicted molar refractivity (Wildman–Crippen MR) is 123 cm³/mol. The van der Waals surface area contributed by atoms with E-state index in [1.807, 2.05) is 0 Å². The van der Waals surface area contributed by atoms with Crippen molar-refractivity contribution in [3.8, 4) is 5.69 Å². The van der Waals surface area contributed by atoms with Gasteiger partial charge >= 0.3 is 0 Å². The normalized spacial score (nSPS) is 11.0. The van der Waals surface area contributed by atoms with Gasteiger partial charge in [-0.15, -0.1) is 0 Å². The summed E-state index contributed by atoms with van der Waals surface area (Å²) in [4.78, 5) is 24.1. The highest BCUT2D eigenvalue weighted by molar-refractivity contribution is 7.91. The highest BCUT2D eigenvalue weighted by Gasteiger charge is 2.19. The van der Waals surface area contributed by atoms with Crippen molar-refractivity contribution in [2.45, 2.75) is 12.7 Å². The molecule has 0 saturated carbocycles. The van der Waals surface area contributed by atoms with Crippen LogP contribution < -0.4 is 15.6 Å². The summed E-state index contributed by atoms with van der Waals surface area (Å²) in [6, 6.07) is 16.6. The van der Waals surface area contributed by atoms with E-state index in [-0.39, 0.29) is 22.2 Å². The molecule has 2 N–H and O–H groups in total. The van der Waals surface area contributed by atoms with Gasteiger partial charge in [-0.1, -0.05) is 54.6 Å². The third-order valence-corrected chi connectivity index (χ3v) is 6.07. The molecule has 7 nitrogen and oxygen atoms in total. The number of amides is 1. The first-order valence-electron chi connectivity index (χ1n) is 9.19. The Bertz CT molecular complexity index is 1300. The molecular weight excluding hydrogens is 438 g/mol. The molecule has 2 aromatic carbocycles. The average Bonchev–Trinajstić information content (AvgIpc) is 2.71. The largest absolute Gasteiger partial charge is 0.329 e. The Kier molecular flexibility index (Phi) is 6.62. The highest BCUT2D eigenvalue weighted by atomic mass is 35.5. The van der Waals surface area contributed by atoms with Gasteiger partial charge in [0.2, 0.25) is 16.4 Å². The maximum absolute atomic E-state index is 13.2. The second kappa shape index (κ2) is 9.20. The minimum absolute atomic E-state index is 0.110. The lowest BCUT2D eigenvalue weighted by Crippen LogP contribution is -2.28. The topological polar surface area (TPSA) is 97.3 Å². The van der Waals surface area contributed by atoms with Gasteiger partial charge in [-0.3, -0.25) is 18.9 Å². The molecule has 0 spiro atoms. The van der Waals surface area contributed by atoms with Gasteiger partial charge in [0.05, 0.1) is 16.5 Å². The SMILES string of the molecule is C=C(NC=O)c1c(Cl)cccc1-n1c(C)ccc(NS(=O)(=O)Cc2ccccc2)c1=O. The fourth-order valence-corrected chi connectivity index (χ4v) is 4.62. The number of halogens is 1. The number of aryl methyl sites for hydroxylation is 1. The lowest BCUT2D eigenvalue weighted by atomic mass is 10.1. The fraction of sp³-hybridized carbons (Fsp3) is 0.0909. The summed E-state index contributed by atoms with van der Waals surface area (Å²) >= 11 is 6.31. The number of nitrogens with zero attached hydrogens (tertiary/aromatic N) is 1. The number of carbonyl (C=O) groups is 1. The highest BCUT2D eigenvalue weighted by Crippen LogP contribution is 2.28. The Morgan fingerprint density at radius 1 is 1.10 bits per heavy atom. The number of rotatable bonds is 8. The van der Waals surface area contributed by atoms with Crippen LogP contribution in [0.4, 0.5) is 5.69 Å². The summed E-state index contributed by atoms with van der Waals surface area (Å²) in [5.41, 5.74) is 1.36. The molecule has 0 unspecified atom stereocenters. The second-order valence-electron chi connectivity index (χ2n) is 6.75. The molecule has 1 amide bonds. The van der Waals surface area contributed by atoms with E-state index in [2.05, 4.69) is 16.6 Å². The van der Waals surface area contributed by atoms with Gasteiger partial charge in [0.1, 0.15) is 5.69 Å². The van der Waals surface area contributed by atoms with E-state index in [0.29, 0.717) is 28.9 Å². The zero-order valence-electron chi connectivity index (χ0n) is 16.6. The first-order chi connectivity index (χ1) is 14.7. The summed E-state index contributed by atoms with van der Waals surface area (Å²) in [6.45, 7) is 5.49. The van der Waals surface area contributed by atoms with Gasteiger partial charge in [-0.25, -0.2) is 8.42 Å². The van der Waals surface area contributed by atoms with Gasteiger partial charge in [0.15, 0.2) is 0 Å². The molecule has 0 saturated heterocycles. The van der Waals surface area contributed by atoms with Crippen LogP contribution in [-0.2, 0) is 20.6 Å². The quantitative estimate of drug-likeness (QED) is 0.506. The second-order valence-corrected chi connectivity index (χ2v) is 8.88. The summed E-state index contributed by atoms with van der Waals surface area (Å²) in [6.07, 6.45) is 0.458. The van der Waals surface area contributed by atoms with Gasteiger partial charge in [-0.2, -0.15) is 0 Å². The van der Waals surface area contributed by atoms with Crippen LogP contribution in [0.3, 0.4) is 0 Å². The molecule has 3 aromatic rings. The maximum atomic E-state index is 13.2. The molecule has 1 aromatic heterocycles. The Morgan fingerprint density at radius 2 is 1.81 bits per heavy atom. The number of hydrogen-bond acceptors (Lipinski definition) is 4. The van der Waals surface area contributed by atoms with Crippen LogP contribution in [0, 0.1) is 6.92 Å². The zero-order valence-corrected chi connectivity index (χ0v) is 18.2. The Morgan fingerprint density at radius 3 is 2.48 bits per heavy atom. The molecule has 3 rings (SSSR count). The molecule has 0 radical (unpaired) electrons. The van der Waals surface area contributed by atoms with E-state index in [9.17, 15) is 18.0 Å². The first-order valence-corrected chi connectivity index (χ1v) is 11.2. The van der Waals surface area contributed by atoms with Crippen LogP contribution in [0.15, 0.2) is 72.0 Å². The Hall–Kier alpha value is -3.36. The standard InChI is InChI=1S/C22H20ClN3O4S/c1-15-11-12-19(25-31(29,30)13-17-7-4-3-5-8-17)22(28)26(15)20-10-6-9-18(23)21(20)16(2)24-14-27/h3-12,14,25H,2,13H2,1H3,(H,24,27). The molecule has 1 heterocycles. The first kappa shape index (κ1) is 22.3. The molecule has 9 heteroatoms. The van der Waals surface area contributed by atoms with Gasteiger partial charge in [-0.05, 0) is 36.8 Å². The fourth-order valence-electron chi connectivity index (χ4n) is 3.15. The molecular formula is C22H20ClN3O4S.